The molecule has 1 aromatic heterocycles. The van der Waals surface area contributed by atoms with E-state index in [1.807, 2.05) is 35.1 Å². The lowest BCUT2D eigenvalue weighted by Crippen LogP contribution is -2.33. The third-order valence-electron chi connectivity index (χ3n) is 4.19. The van der Waals surface area contributed by atoms with E-state index in [1.54, 1.807) is 16.7 Å². The number of aliphatic carboxylic acids is 1. The molecule has 3 rings (SSSR count). The highest BCUT2D eigenvalue weighted by Gasteiger charge is 2.31. The lowest BCUT2D eigenvalue weighted by atomic mass is 10.1. The second kappa shape index (κ2) is 6.62. The van der Waals surface area contributed by atoms with Crippen LogP contribution in [0.15, 0.2) is 24.3 Å². The molecule has 1 fully saturated rings. The largest absolute Gasteiger partial charge is 0.481 e. The molecule has 1 atom stereocenters. The average molecular weight is 333 g/mol. The van der Waals surface area contributed by atoms with Gasteiger partial charge >= 0.3 is 5.97 Å². The number of carboxylic acid groups (broad SMARTS) is 1. The van der Waals surface area contributed by atoms with Crippen LogP contribution in [-0.4, -0.2) is 50.8 Å². The molecule has 1 amide bonds. The summed E-state index contributed by atoms with van der Waals surface area (Å²) in [4.78, 5) is 29.9. The summed E-state index contributed by atoms with van der Waals surface area (Å²) in [7, 11) is 0. The first-order valence-corrected chi connectivity index (χ1v) is 8.93. The van der Waals surface area contributed by atoms with E-state index in [-0.39, 0.29) is 12.5 Å². The third-order valence-corrected chi connectivity index (χ3v) is 4.74. The fourth-order valence-electron chi connectivity index (χ4n) is 2.96. The van der Waals surface area contributed by atoms with Crippen molar-refractivity contribution in [1.82, 2.24) is 14.5 Å². The first kappa shape index (κ1) is 15.9. The molecule has 7 heteroatoms. The molecule has 6 nitrogen and oxygen atoms in total. The van der Waals surface area contributed by atoms with Gasteiger partial charge in [0.25, 0.3) is 0 Å². The molecule has 23 heavy (non-hydrogen) atoms. The Kier molecular flexibility index (Phi) is 4.56. The maximum atomic E-state index is 12.6. The summed E-state index contributed by atoms with van der Waals surface area (Å²) in [5.74, 6) is 0.306. The number of benzene rings is 1. The van der Waals surface area contributed by atoms with Crippen LogP contribution in [0.3, 0.4) is 0 Å². The fraction of sp³-hybridized carbons (Fsp3) is 0.438. The number of fused-ring (bicyclic) bond motifs is 1. The Hall–Kier alpha value is -2.02. The highest BCUT2D eigenvalue weighted by molar-refractivity contribution is 7.97. The van der Waals surface area contributed by atoms with Gasteiger partial charge in [-0.15, -0.1) is 0 Å². The van der Waals surface area contributed by atoms with E-state index in [0.29, 0.717) is 19.5 Å². The van der Waals surface area contributed by atoms with Crippen LogP contribution in [0.25, 0.3) is 11.0 Å². The smallest absolute Gasteiger partial charge is 0.308 e. The number of para-hydroxylation sites is 2. The van der Waals surface area contributed by atoms with Crippen LogP contribution in [0.1, 0.15) is 12.2 Å². The Balaban J connectivity index is 1.82. The minimum Gasteiger partial charge on any atom is -0.481 e. The lowest BCUT2D eigenvalue weighted by Gasteiger charge is -2.17. The first-order chi connectivity index (χ1) is 11.1. The van der Waals surface area contributed by atoms with Crippen molar-refractivity contribution in [2.45, 2.75) is 18.7 Å². The second-order valence-electron chi connectivity index (χ2n) is 5.70. The molecule has 2 heterocycles. The minimum absolute atomic E-state index is 0.0424. The normalized spacial score (nSPS) is 17.8. The zero-order valence-electron chi connectivity index (χ0n) is 12.9. The Morgan fingerprint density at radius 2 is 2.17 bits per heavy atom. The van der Waals surface area contributed by atoms with Crippen molar-refractivity contribution in [2.75, 3.05) is 19.3 Å². The maximum absolute atomic E-state index is 12.6. The summed E-state index contributed by atoms with van der Waals surface area (Å²) < 4.78 is 1.95. The molecule has 1 aromatic carbocycles. The summed E-state index contributed by atoms with van der Waals surface area (Å²) in [6.45, 7) is 1.03. The predicted octanol–water partition coefficient (Wildman–Crippen LogP) is 1.83. The van der Waals surface area contributed by atoms with Crippen LogP contribution in [0.4, 0.5) is 0 Å². The van der Waals surface area contributed by atoms with Gasteiger partial charge in [0.1, 0.15) is 12.4 Å². The Morgan fingerprint density at radius 1 is 1.39 bits per heavy atom. The van der Waals surface area contributed by atoms with Crippen molar-refractivity contribution in [3.05, 3.63) is 30.1 Å². The number of hydrogen-bond donors (Lipinski definition) is 1. The zero-order valence-corrected chi connectivity index (χ0v) is 13.8. The van der Waals surface area contributed by atoms with Gasteiger partial charge in [-0.25, -0.2) is 4.98 Å². The number of thioether (sulfide) groups is 1. The number of rotatable bonds is 5. The topological polar surface area (TPSA) is 75.4 Å². The summed E-state index contributed by atoms with van der Waals surface area (Å²) in [5, 5.41) is 9.07. The van der Waals surface area contributed by atoms with Gasteiger partial charge in [-0.05, 0) is 24.8 Å². The highest BCUT2D eigenvalue weighted by atomic mass is 32.2. The van der Waals surface area contributed by atoms with Crippen LogP contribution in [0.2, 0.25) is 0 Å². The van der Waals surface area contributed by atoms with Crippen molar-refractivity contribution in [2.24, 2.45) is 5.92 Å². The molecular weight excluding hydrogens is 314 g/mol. The number of imidazole rings is 1. The van der Waals surface area contributed by atoms with E-state index < -0.39 is 11.9 Å². The van der Waals surface area contributed by atoms with Gasteiger partial charge in [0.2, 0.25) is 5.91 Å². The predicted molar refractivity (Wildman–Crippen MR) is 89.3 cm³/mol. The van der Waals surface area contributed by atoms with E-state index in [4.69, 9.17) is 5.11 Å². The molecule has 0 aliphatic carbocycles. The summed E-state index contributed by atoms with van der Waals surface area (Å²) in [6, 6.07) is 7.77. The van der Waals surface area contributed by atoms with E-state index in [2.05, 4.69) is 4.98 Å². The molecule has 0 radical (unpaired) electrons. The van der Waals surface area contributed by atoms with Gasteiger partial charge in [0.15, 0.2) is 0 Å². The Labute approximate surface area is 138 Å². The lowest BCUT2D eigenvalue weighted by molar-refractivity contribution is -0.141. The summed E-state index contributed by atoms with van der Waals surface area (Å²) >= 11 is 1.66. The summed E-state index contributed by atoms with van der Waals surface area (Å²) in [5.41, 5.74) is 1.83. The molecular formula is C16H19N3O3S. The Bertz CT molecular complexity index is 743. The van der Waals surface area contributed by atoms with E-state index in [0.717, 1.165) is 22.6 Å². The Morgan fingerprint density at radius 3 is 2.87 bits per heavy atom. The highest BCUT2D eigenvalue weighted by Crippen LogP contribution is 2.21. The first-order valence-electron chi connectivity index (χ1n) is 7.54. The molecule has 1 N–H and O–H groups in total. The minimum atomic E-state index is -0.823. The molecule has 1 aliphatic heterocycles. The fourth-order valence-corrected chi connectivity index (χ4v) is 3.44. The molecule has 0 bridgehead atoms. The molecule has 0 spiro atoms. The van der Waals surface area contributed by atoms with Gasteiger partial charge in [-0.2, -0.15) is 11.8 Å². The van der Waals surface area contributed by atoms with Gasteiger partial charge in [0, 0.05) is 13.1 Å². The molecule has 2 aromatic rings. The van der Waals surface area contributed by atoms with Crippen molar-refractivity contribution in [3.8, 4) is 0 Å². The van der Waals surface area contributed by atoms with Gasteiger partial charge in [0.05, 0.1) is 22.7 Å². The van der Waals surface area contributed by atoms with Crippen LogP contribution in [-0.2, 0) is 21.9 Å². The van der Waals surface area contributed by atoms with Gasteiger partial charge in [-0.3, -0.25) is 9.59 Å². The van der Waals surface area contributed by atoms with E-state index in [1.165, 1.54) is 0 Å². The van der Waals surface area contributed by atoms with Crippen LogP contribution >= 0.6 is 11.8 Å². The standard InChI is InChI=1S/C16H19N3O3S/c1-23-10-14-17-12-4-2-3-5-13(12)19(14)9-15(20)18-7-6-11(8-18)16(21)22/h2-5,11H,6-10H2,1H3,(H,21,22)/t11-/m1/s1. The molecule has 0 saturated carbocycles. The molecule has 1 aliphatic rings. The number of carboxylic acids is 1. The summed E-state index contributed by atoms with van der Waals surface area (Å²) in [6.07, 6.45) is 2.53. The van der Waals surface area contributed by atoms with Gasteiger partial charge in [-0.1, -0.05) is 12.1 Å². The van der Waals surface area contributed by atoms with Crippen LogP contribution < -0.4 is 0 Å². The number of aromatic nitrogens is 2. The number of carbonyl (C=O) groups excluding carboxylic acids is 1. The number of hydrogen-bond acceptors (Lipinski definition) is 4. The van der Waals surface area contributed by atoms with Crippen molar-refractivity contribution in [1.29, 1.82) is 0 Å². The number of amides is 1. The van der Waals surface area contributed by atoms with Crippen molar-refractivity contribution < 1.29 is 14.7 Å². The molecule has 1 saturated heterocycles. The molecule has 122 valence electrons. The monoisotopic (exact) mass is 333 g/mol. The van der Waals surface area contributed by atoms with E-state index in [9.17, 15) is 9.59 Å². The van der Waals surface area contributed by atoms with E-state index >= 15 is 0 Å². The van der Waals surface area contributed by atoms with Gasteiger partial charge < -0.3 is 14.6 Å². The zero-order chi connectivity index (χ0) is 16.4. The number of likely N-dealkylation sites (tertiary alicyclic amines) is 1. The van der Waals surface area contributed by atoms with Crippen LogP contribution in [0, 0.1) is 5.92 Å². The SMILES string of the molecule is CSCc1nc2ccccc2n1CC(=O)N1CC[C@@H](C(=O)O)C1. The quantitative estimate of drug-likeness (QED) is 0.903. The van der Waals surface area contributed by atoms with Crippen LogP contribution in [0.5, 0.6) is 0 Å². The maximum Gasteiger partial charge on any atom is 0.308 e. The number of nitrogens with zero attached hydrogens (tertiary/aromatic N) is 3. The third kappa shape index (κ3) is 3.19. The second-order valence-corrected chi connectivity index (χ2v) is 6.57. The number of carbonyl (C=O) groups is 2. The van der Waals surface area contributed by atoms with Crippen molar-refractivity contribution >= 4 is 34.7 Å². The molecule has 0 unspecified atom stereocenters. The average Bonchev–Trinajstić information content (AvgIpc) is 3.14. The van der Waals surface area contributed by atoms with Crippen molar-refractivity contribution in [3.63, 3.8) is 0 Å².